The van der Waals surface area contributed by atoms with Gasteiger partial charge in [-0.15, -0.1) is 0 Å². The third-order valence-corrected chi connectivity index (χ3v) is 3.20. The molecule has 0 radical (unpaired) electrons. The minimum atomic E-state index is -0.307. The molecule has 1 unspecified atom stereocenters. The standard InChI is InChI=1S/C13H16ClNO3/c14-9-4-5-11(12(16)7-9)13(17)15-8-10-3-1-2-6-18-10/h4-5,7,10,16H,1-3,6,8H2,(H,15,17). The van der Waals surface area contributed by atoms with Gasteiger partial charge in [-0.05, 0) is 37.5 Å². The zero-order valence-corrected chi connectivity index (χ0v) is 10.7. The van der Waals surface area contributed by atoms with E-state index in [-0.39, 0.29) is 23.3 Å². The number of carbonyl (C=O) groups is 1. The second-order valence-corrected chi connectivity index (χ2v) is 4.80. The van der Waals surface area contributed by atoms with Crippen LogP contribution in [0.25, 0.3) is 0 Å². The molecule has 2 rings (SSSR count). The van der Waals surface area contributed by atoms with Crippen LogP contribution in [-0.4, -0.2) is 30.3 Å². The van der Waals surface area contributed by atoms with Crippen molar-refractivity contribution < 1.29 is 14.6 Å². The van der Waals surface area contributed by atoms with Crippen molar-refractivity contribution in [2.45, 2.75) is 25.4 Å². The first-order valence-corrected chi connectivity index (χ1v) is 6.43. The fourth-order valence-electron chi connectivity index (χ4n) is 1.97. The van der Waals surface area contributed by atoms with Crippen molar-refractivity contribution in [3.63, 3.8) is 0 Å². The summed E-state index contributed by atoms with van der Waals surface area (Å²) in [5.74, 6) is -0.414. The fourth-order valence-corrected chi connectivity index (χ4v) is 2.13. The Labute approximate surface area is 111 Å². The Morgan fingerprint density at radius 2 is 2.33 bits per heavy atom. The average molecular weight is 270 g/mol. The lowest BCUT2D eigenvalue weighted by Crippen LogP contribution is -2.35. The van der Waals surface area contributed by atoms with Crippen molar-refractivity contribution in [1.29, 1.82) is 0 Å². The maximum absolute atomic E-state index is 11.8. The van der Waals surface area contributed by atoms with Crippen LogP contribution in [0.1, 0.15) is 29.6 Å². The fraction of sp³-hybridized carbons (Fsp3) is 0.462. The Kier molecular flexibility index (Phi) is 4.44. The summed E-state index contributed by atoms with van der Waals surface area (Å²) in [6.07, 6.45) is 3.26. The van der Waals surface area contributed by atoms with E-state index < -0.39 is 0 Å². The number of phenols is 1. The summed E-state index contributed by atoms with van der Waals surface area (Å²) in [4.78, 5) is 11.8. The monoisotopic (exact) mass is 269 g/mol. The molecule has 1 aromatic carbocycles. The molecule has 0 bridgehead atoms. The van der Waals surface area contributed by atoms with Gasteiger partial charge in [-0.1, -0.05) is 11.6 Å². The first-order chi connectivity index (χ1) is 8.66. The van der Waals surface area contributed by atoms with Crippen LogP contribution in [0.15, 0.2) is 18.2 Å². The molecule has 2 N–H and O–H groups in total. The SMILES string of the molecule is O=C(NCC1CCCCO1)c1ccc(Cl)cc1O. The van der Waals surface area contributed by atoms with Gasteiger partial charge < -0.3 is 15.2 Å². The van der Waals surface area contributed by atoms with Crippen LogP contribution in [0.4, 0.5) is 0 Å². The molecule has 1 saturated heterocycles. The van der Waals surface area contributed by atoms with Crippen molar-refractivity contribution in [2.24, 2.45) is 0 Å². The number of ether oxygens (including phenoxy) is 1. The van der Waals surface area contributed by atoms with E-state index in [9.17, 15) is 9.90 Å². The normalized spacial score (nSPS) is 19.5. The Morgan fingerprint density at radius 3 is 3.00 bits per heavy atom. The predicted octanol–water partition coefficient (Wildman–Crippen LogP) is 2.34. The van der Waals surface area contributed by atoms with Gasteiger partial charge in [-0.2, -0.15) is 0 Å². The summed E-state index contributed by atoms with van der Waals surface area (Å²) in [6, 6.07) is 4.44. The molecule has 0 aromatic heterocycles. The summed E-state index contributed by atoms with van der Waals surface area (Å²) < 4.78 is 5.52. The van der Waals surface area contributed by atoms with Gasteiger partial charge in [0, 0.05) is 18.2 Å². The lowest BCUT2D eigenvalue weighted by Gasteiger charge is -2.22. The summed E-state index contributed by atoms with van der Waals surface area (Å²) in [5, 5.41) is 12.8. The van der Waals surface area contributed by atoms with Gasteiger partial charge in [0.2, 0.25) is 0 Å². The smallest absolute Gasteiger partial charge is 0.255 e. The first kappa shape index (κ1) is 13.2. The quantitative estimate of drug-likeness (QED) is 0.886. The number of carbonyl (C=O) groups excluding carboxylic acids is 1. The van der Waals surface area contributed by atoms with Crippen LogP contribution in [0, 0.1) is 0 Å². The van der Waals surface area contributed by atoms with E-state index in [1.807, 2.05) is 0 Å². The topological polar surface area (TPSA) is 58.6 Å². The molecule has 98 valence electrons. The summed E-state index contributed by atoms with van der Waals surface area (Å²) in [6.45, 7) is 1.23. The number of halogens is 1. The van der Waals surface area contributed by atoms with Crippen molar-refractivity contribution in [1.82, 2.24) is 5.32 Å². The largest absolute Gasteiger partial charge is 0.507 e. The molecule has 0 spiro atoms. The highest BCUT2D eigenvalue weighted by Gasteiger charge is 2.16. The zero-order chi connectivity index (χ0) is 13.0. The molecular formula is C13H16ClNO3. The maximum Gasteiger partial charge on any atom is 0.255 e. The molecule has 1 fully saturated rings. The van der Waals surface area contributed by atoms with Crippen molar-refractivity contribution in [3.8, 4) is 5.75 Å². The van der Waals surface area contributed by atoms with Gasteiger partial charge in [0.15, 0.2) is 0 Å². The molecule has 1 aliphatic heterocycles. The molecule has 1 heterocycles. The highest BCUT2D eigenvalue weighted by atomic mass is 35.5. The third-order valence-electron chi connectivity index (χ3n) is 2.97. The molecule has 0 saturated carbocycles. The molecule has 1 aliphatic rings. The third kappa shape index (κ3) is 3.37. The number of nitrogens with one attached hydrogen (secondary N) is 1. The second kappa shape index (κ2) is 6.07. The zero-order valence-electron chi connectivity index (χ0n) is 9.99. The average Bonchev–Trinajstić information content (AvgIpc) is 2.37. The Balaban J connectivity index is 1.90. The van der Waals surface area contributed by atoms with E-state index in [0.29, 0.717) is 11.6 Å². The number of amides is 1. The number of rotatable bonds is 3. The minimum absolute atomic E-state index is 0.0807. The van der Waals surface area contributed by atoms with Gasteiger partial charge in [0.25, 0.3) is 5.91 Å². The Bertz CT molecular complexity index is 430. The maximum atomic E-state index is 11.8. The molecule has 1 aromatic rings. The number of benzene rings is 1. The van der Waals surface area contributed by atoms with Gasteiger partial charge in [-0.25, -0.2) is 0 Å². The first-order valence-electron chi connectivity index (χ1n) is 6.05. The number of phenolic OH excluding ortho intramolecular Hbond substituents is 1. The lowest BCUT2D eigenvalue weighted by molar-refractivity contribution is 0.0169. The van der Waals surface area contributed by atoms with Crippen LogP contribution in [0.3, 0.4) is 0 Å². The number of aromatic hydroxyl groups is 1. The number of hydrogen-bond donors (Lipinski definition) is 2. The highest BCUT2D eigenvalue weighted by Crippen LogP contribution is 2.21. The van der Waals surface area contributed by atoms with Crippen LogP contribution >= 0.6 is 11.6 Å². The van der Waals surface area contributed by atoms with E-state index in [0.717, 1.165) is 25.9 Å². The predicted molar refractivity (Wildman–Crippen MR) is 69.0 cm³/mol. The van der Waals surface area contributed by atoms with Crippen LogP contribution in [0.2, 0.25) is 5.02 Å². The molecule has 0 aliphatic carbocycles. The summed E-state index contributed by atoms with van der Waals surface area (Å²) >= 11 is 5.71. The van der Waals surface area contributed by atoms with E-state index in [1.165, 1.54) is 12.1 Å². The van der Waals surface area contributed by atoms with Crippen LogP contribution < -0.4 is 5.32 Å². The van der Waals surface area contributed by atoms with Gasteiger partial charge in [-0.3, -0.25) is 4.79 Å². The van der Waals surface area contributed by atoms with Crippen molar-refractivity contribution >= 4 is 17.5 Å². The number of hydrogen-bond acceptors (Lipinski definition) is 3. The van der Waals surface area contributed by atoms with Gasteiger partial charge in [0.05, 0.1) is 11.7 Å². The van der Waals surface area contributed by atoms with Gasteiger partial charge >= 0.3 is 0 Å². The molecule has 18 heavy (non-hydrogen) atoms. The van der Waals surface area contributed by atoms with Crippen LogP contribution in [0.5, 0.6) is 5.75 Å². The Morgan fingerprint density at radius 1 is 1.50 bits per heavy atom. The van der Waals surface area contributed by atoms with Gasteiger partial charge in [0.1, 0.15) is 5.75 Å². The summed E-state index contributed by atoms with van der Waals surface area (Å²) in [5.41, 5.74) is 0.232. The molecular weight excluding hydrogens is 254 g/mol. The van der Waals surface area contributed by atoms with Crippen LogP contribution in [-0.2, 0) is 4.74 Å². The second-order valence-electron chi connectivity index (χ2n) is 4.36. The molecule has 1 amide bonds. The van der Waals surface area contributed by atoms with Crippen molar-refractivity contribution in [2.75, 3.05) is 13.2 Å². The van der Waals surface area contributed by atoms with E-state index in [1.54, 1.807) is 6.07 Å². The molecule has 4 nitrogen and oxygen atoms in total. The Hall–Kier alpha value is -1.26. The highest BCUT2D eigenvalue weighted by molar-refractivity contribution is 6.30. The summed E-state index contributed by atoms with van der Waals surface area (Å²) in [7, 11) is 0. The van der Waals surface area contributed by atoms with E-state index in [2.05, 4.69) is 5.32 Å². The molecule has 1 atom stereocenters. The van der Waals surface area contributed by atoms with E-state index >= 15 is 0 Å². The minimum Gasteiger partial charge on any atom is -0.507 e. The van der Waals surface area contributed by atoms with E-state index in [4.69, 9.17) is 16.3 Å². The van der Waals surface area contributed by atoms with Crippen molar-refractivity contribution in [3.05, 3.63) is 28.8 Å². The molecule has 5 heteroatoms. The lowest BCUT2D eigenvalue weighted by atomic mass is 10.1.